The van der Waals surface area contributed by atoms with E-state index in [-0.39, 0.29) is 28.5 Å². The van der Waals surface area contributed by atoms with E-state index in [1.54, 1.807) is 30.6 Å². The Bertz CT molecular complexity index is 1060. The van der Waals surface area contributed by atoms with Crippen LogP contribution < -0.4 is 3.97 Å². The Morgan fingerprint density at radius 2 is 1.66 bits per heavy atom. The predicted octanol–water partition coefficient (Wildman–Crippen LogP) is 0.856. The summed E-state index contributed by atoms with van der Waals surface area (Å²) in [4.78, 5) is 25.0. The van der Waals surface area contributed by atoms with Crippen LogP contribution in [-0.4, -0.2) is 43.3 Å². The van der Waals surface area contributed by atoms with E-state index < -0.39 is 21.8 Å². The average molecular weight is 439 g/mol. The third kappa shape index (κ3) is 5.49. The number of rotatable bonds is 4. The molecule has 0 fully saturated rings. The van der Waals surface area contributed by atoms with Crippen LogP contribution in [0.15, 0.2) is 59.5 Å². The molecule has 0 amide bonds. The molecule has 0 aliphatic heterocycles. The summed E-state index contributed by atoms with van der Waals surface area (Å²) in [6, 6.07) is 8.40. The molecule has 9 nitrogen and oxygen atoms in total. The number of ether oxygens (including phenoxy) is 1. The summed E-state index contributed by atoms with van der Waals surface area (Å²) in [5.41, 5.74) is 1.42. The molecule has 1 aliphatic rings. The molecule has 154 valence electrons. The topological polar surface area (TPSA) is 137 Å². The Labute approximate surface area is 170 Å². The van der Waals surface area contributed by atoms with Crippen LogP contribution in [-0.2, 0) is 30.7 Å². The second-order valence-electron chi connectivity index (χ2n) is 5.64. The lowest BCUT2D eigenvalue weighted by atomic mass is 9.93. The van der Waals surface area contributed by atoms with Gasteiger partial charge in [0.25, 0.3) is 11.4 Å². The molecule has 1 unspecified atom stereocenters. The fourth-order valence-electron chi connectivity index (χ4n) is 2.37. The van der Waals surface area contributed by atoms with Crippen molar-refractivity contribution in [3.8, 4) is 0 Å². The zero-order valence-electron chi connectivity index (χ0n) is 15.6. The molecule has 1 atom stereocenters. The van der Waals surface area contributed by atoms with Crippen molar-refractivity contribution in [1.82, 2.24) is 0 Å². The molecular formula is C18H17NO8S2. The van der Waals surface area contributed by atoms with Gasteiger partial charge >= 0.3 is 0 Å². The van der Waals surface area contributed by atoms with Gasteiger partial charge in [-0.3, -0.25) is 13.8 Å². The van der Waals surface area contributed by atoms with Crippen LogP contribution in [0.5, 0.6) is 0 Å². The number of ketones is 2. The van der Waals surface area contributed by atoms with Gasteiger partial charge in [-0.25, -0.2) is 8.42 Å². The Balaban J connectivity index is 0.000000438. The van der Waals surface area contributed by atoms with E-state index in [0.29, 0.717) is 4.90 Å². The maximum Gasteiger partial charge on any atom is 0.275 e. The van der Waals surface area contributed by atoms with Gasteiger partial charge in [-0.05, 0) is 18.6 Å². The SMILES string of the molecule is COC1=CC(=O)c2c(cccc2[S+]([O-])[n+]2ccc(C)cc2)C1=O.COS(=O)(=O)[O-]. The average Bonchev–Trinajstić information content (AvgIpc) is 2.70. The third-order valence-corrected chi connectivity index (χ3v) is 5.53. The second-order valence-corrected chi connectivity index (χ2v) is 8.15. The number of carbonyl (C=O) groups is 2. The van der Waals surface area contributed by atoms with Crippen molar-refractivity contribution in [2.45, 2.75) is 11.8 Å². The standard InChI is InChI=1S/C17H14NO4S.CH4O4S/c1-11-6-8-18(9-7-11)23(21)15-5-3-4-12-16(15)13(19)10-14(22-2)17(12)20;1-5-6(2,3)4/h3-10H,1-2H3;1H3,(H,2,3,4)/q+1;/p-1. The second kappa shape index (κ2) is 9.29. The molecule has 2 aromatic rings. The number of Topliss-reactive ketones (excluding diaryl/α,β-unsaturated/α-hetero) is 1. The number of nitrogens with zero attached hydrogens (tertiary/aromatic N) is 1. The smallest absolute Gasteiger partial charge is 0.275 e. The number of aromatic nitrogens is 1. The molecule has 0 N–H and O–H groups in total. The van der Waals surface area contributed by atoms with Gasteiger partial charge in [0, 0.05) is 33.8 Å². The number of carbonyl (C=O) groups excluding carboxylic acids is 2. The minimum Gasteiger partial charge on any atom is -0.726 e. The van der Waals surface area contributed by atoms with Gasteiger partial charge < -0.3 is 13.8 Å². The zero-order valence-corrected chi connectivity index (χ0v) is 17.3. The Morgan fingerprint density at radius 1 is 1.07 bits per heavy atom. The van der Waals surface area contributed by atoms with E-state index in [2.05, 4.69) is 4.18 Å². The molecule has 1 aromatic carbocycles. The molecule has 29 heavy (non-hydrogen) atoms. The van der Waals surface area contributed by atoms with Crippen molar-refractivity contribution in [1.29, 1.82) is 0 Å². The van der Waals surface area contributed by atoms with Crippen LogP contribution in [0.3, 0.4) is 0 Å². The number of fused-ring (bicyclic) bond motifs is 1. The fraction of sp³-hybridized carbons (Fsp3) is 0.167. The predicted molar refractivity (Wildman–Crippen MR) is 100 cm³/mol. The highest BCUT2D eigenvalue weighted by atomic mass is 32.3. The van der Waals surface area contributed by atoms with Crippen LogP contribution in [0.25, 0.3) is 0 Å². The number of aryl methyl sites for hydroxylation is 1. The van der Waals surface area contributed by atoms with E-state index in [9.17, 15) is 27.1 Å². The fourth-order valence-corrected chi connectivity index (χ4v) is 3.52. The Hall–Kier alpha value is -2.57. The van der Waals surface area contributed by atoms with E-state index in [0.717, 1.165) is 18.7 Å². The number of hydrogen-bond acceptors (Lipinski definition) is 8. The van der Waals surface area contributed by atoms with Crippen LogP contribution >= 0.6 is 0 Å². The summed E-state index contributed by atoms with van der Waals surface area (Å²) in [5.74, 6) is -0.767. The van der Waals surface area contributed by atoms with Gasteiger partial charge in [-0.1, -0.05) is 6.07 Å². The number of allylic oxidation sites excluding steroid dienone is 2. The molecule has 0 radical (unpaired) electrons. The highest BCUT2D eigenvalue weighted by Crippen LogP contribution is 2.27. The van der Waals surface area contributed by atoms with Gasteiger partial charge in [0.15, 0.2) is 11.5 Å². The van der Waals surface area contributed by atoms with Gasteiger partial charge in [0.05, 0.1) is 19.8 Å². The minimum absolute atomic E-state index is 0.00609. The zero-order chi connectivity index (χ0) is 21.8. The molecular weight excluding hydrogens is 422 g/mol. The van der Waals surface area contributed by atoms with Crippen molar-refractivity contribution >= 4 is 33.3 Å². The van der Waals surface area contributed by atoms with Crippen LogP contribution in [0.1, 0.15) is 26.3 Å². The Kier molecular flexibility index (Phi) is 7.27. The summed E-state index contributed by atoms with van der Waals surface area (Å²) in [5, 5.41) is 0. The largest absolute Gasteiger partial charge is 0.726 e. The summed E-state index contributed by atoms with van der Waals surface area (Å²) in [6.45, 7) is 1.93. The number of benzene rings is 1. The van der Waals surface area contributed by atoms with Crippen molar-refractivity contribution in [3.05, 3.63) is 71.3 Å². The van der Waals surface area contributed by atoms with Gasteiger partial charge in [0.2, 0.25) is 33.5 Å². The van der Waals surface area contributed by atoms with Crippen LogP contribution in [0.4, 0.5) is 0 Å². The summed E-state index contributed by atoms with van der Waals surface area (Å²) in [7, 11) is -2.26. The van der Waals surface area contributed by atoms with Crippen molar-refractivity contribution in [2.75, 3.05) is 14.2 Å². The first kappa shape index (κ1) is 22.7. The van der Waals surface area contributed by atoms with Crippen molar-refractivity contribution in [3.63, 3.8) is 0 Å². The van der Waals surface area contributed by atoms with Gasteiger partial charge in [0.1, 0.15) is 0 Å². The number of methoxy groups -OCH3 is 1. The lowest BCUT2D eigenvalue weighted by Gasteiger charge is -2.15. The first-order valence-corrected chi connectivity index (χ1v) is 10.4. The maximum absolute atomic E-state index is 12.8. The molecule has 0 saturated heterocycles. The molecule has 0 spiro atoms. The van der Waals surface area contributed by atoms with Crippen LogP contribution in [0, 0.1) is 6.92 Å². The number of hydrogen-bond donors (Lipinski definition) is 0. The van der Waals surface area contributed by atoms with Gasteiger partial charge in [-0.15, -0.1) is 0 Å². The van der Waals surface area contributed by atoms with E-state index in [1.165, 1.54) is 11.1 Å². The third-order valence-electron chi connectivity index (χ3n) is 3.78. The minimum atomic E-state index is -4.41. The summed E-state index contributed by atoms with van der Waals surface area (Å²) >= 11 is -1.62. The van der Waals surface area contributed by atoms with Crippen LogP contribution in [0.2, 0.25) is 0 Å². The van der Waals surface area contributed by atoms with Crippen molar-refractivity contribution in [2.24, 2.45) is 0 Å². The molecule has 0 bridgehead atoms. The number of pyridine rings is 1. The molecule has 0 saturated carbocycles. The molecule has 1 aliphatic carbocycles. The first-order valence-electron chi connectivity index (χ1n) is 7.98. The molecule has 11 heteroatoms. The van der Waals surface area contributed by atoms with E-state index in [1.807, 2.05) is 19.1 Å². The molecule has 3 rings (SSSR count). The lowest BCUT2D eigenvalue weighted by Crippen LogP contribution is -2.43. The summed E-state index contributed by atoms with van der Waals surface area (Å²) in [6.07, 6.45) is 4.50. The monoisotopic (exact) mass is 439 g/mol. The van der Waals surface area contributed by atoms with Crippen molar-refractivity contribution < 1.29 is 40.0 Å². The highest BCUT2D eigenvalue weighted by molar-refractivity contribution is 7.85. The normalized spacial score (nSPS) is 14.3. The quantitative estimate of drug-likeness (QED) is 0.296. The lowest BCUT2D eigenvalue weighted by molar-refractivity contribution is -0.511. The highest BCUT2D eigenvalue weighted by Gasteiger charge is 2.36. The molecule has 1 heterocycles. The summed E-state index contributed by atoms with van der Waals surface area (Å²) < 4.78 is 50.2. The Morgan fingerprint density at radius 3 is 2.17 bits per heavy atom. The van der Waals surface area contributed by atoms with E-state index >= 15 is 0 Å². The first-order chi connectivity index (χ1) is 13.6. The molecule has 1 aromatic heterocycles. The maximum atomic E-state index is 12.8. The van der Waals surface area contributed by atoms with E-state index in [4.69, 9.17) is 4.74 Å². The van der Waals surface area contributed by atoms with Gasteiger partial charge in [-0.2, -0.15) is 0 Å².